The van der Waals surface area contributed by atoms with Crippen LogP contribution in [0.15, 0.2) is 23.1 Å². The number of rotatable bonds is 8. The van der Waals surface area contributed by atoms with Gasteiger partial charge in [-0.25, -0.2) is 0 Å². The van der Waals surface area contributed by atoms with E-state index >= 15 is 0 Å². The molecule has 0 aliphatic heterocycles. The number of carbonyl (C=O) groups excluding carboxylic acids is 1. The molecule has 0 radical (unpaired) electrons. The second kappa shape index (κ2) is 8.74. The molecule has 1 unspecified atom stereocenters. The van der Waals surface area contributed by atoms with Gasteiger partial charge in [0, 0.05) is 12.2 Å². The van der Waals surface area contributed by atoms with Crippen LogP contribution in [0.2, 0.25) is 0 Å². The predicted molar refractivity (Wildman–Crippen MR) is 82.1 cm³/mol. The van der Waals surface area contributed by atoms with Crippen LogP contribution < -0.4 is 10.9 Å². The number of halogens is 3. The van der Waals surface area contributed by atoms with E-state index in [2.05, 4.69) is 12.2 Å². The van der Waals surface area contributed by atoms with Crippen LogP contribution >= 0.6 is 0 Å². The number of carbonyl (C=O) groups is 1. The van der Waals surface area contributed by atoms with Crippen LogP contribution in [0.3, 0.4) is 0 Å². The second-order valence-corrected chi connectivity index (χ2v) is 5.67. The van der Waals surface area contributed by atoms with Gasteiger partial charge in [-0.05, 0) is 25.5 Å². The first-order valence-electron chi connectivity index (χ1n) is 7.81. The first kappa shape index (κ1) is 19.3. The molecular formula is C16H23F3N2O2. The van der Waals surface area contributed by atoms with Crippen LogP contribution in [0.1, 0.15) is 51.5 Å². The monoisotopic (exact) mass is 332 g/mol. The summed E-state index contributed by atoms with van der Waals surface area (Å²) in [5.41, 5.74) is -2.47. The molecule has 1 heterocycles. The van der Waals surface area contributed by atoms with Crippen molar-refractivity contribution in [3.05, 3.63) is 34.2 Å². The molecule has 0 saturated heterocycles. The van der Waals surface area contributed by atoms with E-state index in [1.807, 2.05) is 6.92 Å². The summed E-state index contributed by atoms with van der Waals surface area (Å²) in [6, 6.07) is 1.76. The Morgan fingerprint density at radius 3 is 2.61 bits per heavy atom. The summed E-state index contributed by atoms with van der Waals surface area (Å²) in [4.78, 5) is 23.6. The number of amides is 1. The molecule has 1 atom stereocenters. The molecule has 4 nitrogen and oxygen atoms in total. The lowest BCUT2D eigenvalue weighted by Gasteiger charge is -2.15. The third-order valence-corrected chi connectivity index (χ3v) is 3.54. The smallest absolute Gasteiger partial charge is 0.352 e. The predicted octanol–water partition coefficient (Wildman–Crippen LogP) is 3.34. The molecule has 0 spiro atoms. The summed E-state index contributed by atoms with van der Waals surface area (Å²) in [6.07, 6.45) is 1.61. The lowest BCUT2D eigenvalue weighted by atomic mass is 10.1. The van der Waals surface area contributed by atoms with E-state index in [9.17, 15) is 22.8 Å². The van der Waals surface area contributed by atoms with Gasteiger partial charge in [-0.2, -0.15) is 13.2 Å². The van der Waals surface area contributed by atoms with E-state index in [0.29, 0.717) is 6.07 Å². The first-order chi connectivity index (χ1) is 10.8. The zero-order valence-electron chi connectivity index (χ0n) is 13.4. The normalized spacial score (nSPS) is 12.9. The van der Waals surface area contributed by atoms with Crippen molar-refractivity contribution in [3.8, 4) is 0 Å². The average Bonchev–Trinajstić information content (AvgIpc) is 2.44. The van der Waals surface area contributed by atoms with Crippen LogP contribution in [0.5, 0.6) is 0 Å². The molecule has 0 aliphatic carbocycles. The van der Waals surface area contributed by atoms with Crippen molar-refractivity contribution in [1.82, 2.24) is 9.88 Å². The zero-order valence-corrected chi connectivity index (χ0v) is 13.4. The third kappa shape index (κ3) is 6.46. The number of hydrogen-bond acceptors (Lipinski definition) is 2. The molecule has 23 heavy (non-hydrogen) atoms. The molecule has 0 saturated carbocycles. The molecule has 1 N–H and O–H groups in total. The highest BCUT2D eigenvalue weighted by Gasteiger charge is 2.34. The number of aromatic nitrogens is 1. The van der Waals surface area contributed by atoms with Crippen molar-refractivity contribution >= 4 is 5.91 Å². The highest BCUT2D eigenvalue weighted by Crippen LogP contribution is 2.25. The number of nitrogens with zero attached hydrogens (tertiary/aromatic N) is 1. The highest BCUT2D eigenvalue weighted by atomic mass is 19.4. The average molecular weight is 332 g/mol. The van der Waals surface area contributed by atoms with Crippen LogP contribution in [0, 0.1) is 0 Å². The first-order valence-corrected chi connectivity index (χ1v) is 7.81. The molecule has 1 aromatic rings. The fourth-order valence-corrected chi connectivity index (χ4v) is 2.30. The van der Waals surface area contributed by atoms with Crippen molar-refractivity contribution < 1.29 is 18.0 Å². The molecule has 0 aliphatic rings. The summed E-state index contributed by atoms with van der Waals surface area (Å²) < 4.78 is 38.8. The maximum absolute atomic E-state index is 12.7. The molecule has 0 aromatic carbocycles. The van der Waals surface area contributed by atoms with Gasteiger partial charge in [-0.3, -0.25) is 9.59 Å². The largest absolute Gasteiger partial charge is 0.421 e. The van der Waals surface area contributed by atoms with E-state index in [1.54, 1.807) is 0 Å². The number of unbranched alkanes of at least 4 members (excludes halogenated alkanes) is 3. The van der Waals surface area contributed by atoms with E-state index in [1.165, 1.54) is 6.20 Å². The van der Waals surface area contributed by atoms with E-state index in [-0.39, 0.29) is 6.04 Å². The Balaban J connectivity index is 2.60. The van der Waals surface area contributed by atoms with Crippen LogP contribution in [0.25, 0.3) is 0 Å². The number of hydrogen-bond donors (Lipinski definition) is 1. The summed E-state index contributed by atoms with van der Waals surface area (Å²) >= 11 is 0. The summed E-state index contributed by atoms with van der Waals surface area (Å²) in [5, 5.41) is 2.71. The third-order valence-electron chi connectivity index (χ3n) is 3.54. The Morgan fingerprint density at radius 1 is 1.30 bits per heavy atom. The Hall–Kier alpha value is -1.79. The maximum Gasteiger partial charge on any atom is 0.421 e. The van der Waals surface area contributed by atoms with E-state index < -0.39 is 29.8 Å². The minimum absolute atomic E-state index is 0.0687. The molecule has 7 heteroatoms. The highest BCUT2D eigenvalue weighted by molar-refractivity contribution is 5.76. The summed E-state index contributed by atoms with van der Waals surface area (Å²) in [7, 11) is 0. The Labute approximate surface area is 133 Å². The standard InChI is InChI=1S/C16H23F3N2O2/c1-3-4-5-6-8-12(2)20-14(22)11-21-10-7-9-13(15(21)23)16(17,18)19/h7,9-10,12H,3-6,8,11H2,1-2H3,(H,20,22). The Bertz CT molecular complexity index is 567. The van der Waals surface area contributed by atoms with Gasteiger partial charge in [0.2, 0.25) is 5.91 Å². The lowest BCUT2D eigenvalue weighted by molar-refractivity contribution is -0.139. The second-order valence-electron chi connectivity index (χ2n) is 5.67. The van der Waals surface area contributed by atoms with Gasteiger partial charge in [0.15, 0.2) is 0 Å². The van der Waals surface area contributed by atoms with E-state index in [0.717, 1.165) is 42.7 Å². The summed E-state index contributed by atoms with van der Waals surface area (Å²) in [6.45, 7) is 3.54. The molecule has 1 rings (SSSR count). The molecule has 0 bridgehead atoms. The topological polar surface area (TPSA) is 51.1 Å². The number of pyridine rings is 1. The minimum Gasteiger partial charge on any atom is -0.352 e. The summed E-state index contributed by atoms with van der Waals surface area (Å²) in [5.74, 6) is -0.464. The van der Waals surface area contributed by atoms with Crippen molar-refractivity contribution in [2.45, 2.75) is 64.7 Å². The Kier molecular flexibility index (Phi) is 7.32. The fraction of sp³-hybridized carbons (Fsp3) is 0.625. The van der Waals surface area contributed by atoms with E-state index in [4.69, 9.17) is 0 Å². The van der Waals surface area contributed by atoms with Gasteiger partial charge in [0.05, 0.1) is 0 Å². The zero-order chi connectivity index (χ0) is 17.5. The molecular weight excluding hydrogens is 309 g/mol. The van der Waals surface area contributed by atoms with Crippen molar-refractivity contribution in [2.75, 3.05) is 0 Å². The minimum atomic E-state index is -4.72. The lowest BCUT2D eigenvalue weighted by Crippen LogP contribution is -2.38. The molecule has 1 amide bonds. The number of alkyl halides is 3. The maximum atomic E-state index is 12.7. The van der Waals surface area contributed by atoms with Gasteiger partial charge < -0.3 is 9.88 Å². The van der Waals surface area contributed by atoms with Gasteiger partial charge in [-0.1, -0.05) is 32.6 Å². The Morgan fingerprint density at radius 2 is 2.00 bits per heavy atom. The SMILES string of the molecule is CCCCCCC(C)NC(=O)Cn1cccc(C(F)(F)F)c1=O. The van der Waals surface area contributed by atoms with Crippen LogP contribution in [-0.4, -0.2) is 16.5 Å². The van der Waals surface area contributed by atoms with Gasteiger partial charge in [0.1, 0.15) is 12.1 Å². The van der Waals surface area contributed by atoms with Crippen LogP contribution in [-0.2, 0) is 17.5 Å². The molecule has 130 valence electrons. The fourth-order valence-electron chi connectivity index (χ4n) is 2.30. The molecule has 1 aromatic heterocycles. The quantitative estimate of drug-likeness (QED) is 0.742. The van der Waals surface area contributed by atoms with Crippen molar-refractivity contribution in [1.29, 1.82) is 0 Å². The van der Waals surface area contributed by atoms with Crippen LogP contribution in [0.4, 0.5) is 13.2 Å². The number of nitrogens with one attached hydrogen (secondary N) is 1. The van der Waals surface area contributed by atoms with Gasteiger partial charge in [0.25, 0.3) is 5.56 Å². The van der Waals surface area contributed by atoms with Gasteiger partial charge >= 0.3 is 6.18 Å². The van der Waals surface area contributed by atoms with Crippen molar-refractivity contribution in [3.63, 3.8) is 0 Å². The molecule has 0 fully saturated rings. The van der Waals surface area contributed by atoms with Crippen molar-refractivity contribution in [2.24, 2.45) is 0 Å². The van der Waals surface area contributed by atoms with Gasteiger partial charge in [-0.15, -0.1) is 0 Å².